The molecule has 1 N–H and O–H groups in total. The van der Waals surface area contributed by atoms with Crippen LogP contribution < -0.4 is 10.2 Å². The number of rotatable bonds is 8. The smallest absolute Gasteiger partial charge is 0.225 e. The zero-order chi connectivity index (χ0) is 14.3. The van der Waals surface area contributed by atoms with E-state index in [2.05, 4.69) is 34.0 Å². The topological polar surface area (TPSA) is 50.3 Å². The second-order valence-electron chi connectivity index (χ2n) is 4.75. The summed E-state index contributed by atoms with van der Waals surface area (Å²) in [4.78, 5) is 11.3. The molecule has 0 aromatic carbocycles. The predicted octanol–water partition coefficient (Wildman–Crippen LogP) is 1.76. The fourth-order valence-corrected chi connectivity index (χ4v) is 1.91. The van der Waals surface area contributed by atoms with Crippen molar-refractivity contribution in [1.82, 2.24) is 15.3 Å². The Morgan fingerprint density at radius 2 is 2.21 bits per heavy atom. The molecule has 5 nitrogen and oxygen atoms in total. The molecule has 0 aliphatic rings. The molecule has 1 aromatic rings. The van der Waals surface area contributed by atoms with Gasteiger partial charge in [0.25, 0.3) is 0 Å². The van der Waals surface area contributed by atoms with E-state index in [0.29, 0.717) is 12.6 Å². The number of hydrogen-bond donors (Lipinski definition) is 1. The van der Waals surface area contributed by atoms with Gasteiger partial charge in [-0.05, 0) is 27.3 Å². The summed E-state index contributed by atoms with van der Waals surface area (Å²) in [6.45, 7) is 8.69. The van der Waals surface area contributed by atoms with Gasteiger partial charge in [-0.2, -0.15) is 0 Å². The summed E-state index contributed by atoms with van der Waals surface area (Å²) in [5, 5.41) is 3.13. The highest BCUT2D eigenvalue weighted by Crippen LogP contribution is 2.15. The third-order valence-corrected chi connectivity index (χ3v) is 3.35. The second kappa shape index (κ2) is 8.07. The zero-order valence-electron chi connectivity index (χ0n) is 12.7. The number of aromatic nitrogens is 2. The van der Waals surface area contributed by atoms with Crippen LogP contribution in [-0.2, 0) is 11.3 Å². The van der Waals surface area contributed by atoms with Crippen molar-refractivity contribution in [2.75, 3.05) is 32.2 Å². The Morgan fingerprint density at radius 3 is 2.74 bits per heavy atom. The summed E-state index contributed by atoms with van der Waals surface area (Å²) >= 11 is 0. The molecule has 0 bridgehead atoms. The van der Waals surface area contributed by atoms with Crippen LogP contribution in [0.2, 0.25) is 0 Å². The first kappa shape index (κ1) is 15.9. The van der Waals surface area contributed by atoms with Crippen molar-refractivity contribution in [3.63, 3.8) is 0 Å². The van der Waals surface area contributed by atoms with Crippen LogP contribution in [0, 0.1) is 6.92 Å². The van der Waals surface area contributed by atoms with Gasteiger partial charge in [0, 0.05) is 43.7 Å². The fraction of sp³-hybridized carbons (Fsp3) is 0.714. The van der Waals surface area contributed by atoms with E-state index in [4.69, 9.17) is 4.74 Å². The molecule has 0 fully saturated rings. The number of anilines is 1. The second-order valence-corrected chi connectivity index (χ2v) is 4.75. The fourth-order valence-electron chi connectivity index (χ4n) is 1.91. The van der Waals surface area contributed by atoms with E-state index in [0.717, 1.165) is 36.7 Å². The highest BCUT2D eigenvalue weighted by atomic mass is 16.5. The largest absolute Gasteiger partial charge is 0.383 e. The van der Waals surface area contributed by atoms with Crippen molar-refractivity contribution in [3.8, 4) is 0 Å². The first-order chi connectivity index (χ1) is 9.13. The third-order valence-electron chi connectivity index (χ3n) is 3.35. The maximum absolute atomic E-state index is 5.17. The van der Waals surface area contributed by atoms with Crippen LogP contribution in [0.25, 0.3) is 0 Å². The van der Waals surface area contributed by atoms with E-state index < -0.39 is 0 Å². The average Bonchev–Trinajstić information content (AvgIpc) is 2.41. The molecule has 0 radical (unpaired) electrons. The molecule has 1 heterocycles. The minimum atomic E-state index is 0.407. The van der Waals surface area contributed by atoms with Gasteiger partial charge >= 0.3 is 0 Å². The number of methoxy groups -OCH3 is 1. The summed E-state index contributed by atoms with van der Waals surface area (Å²) in [5.41, 5.74) is 2.17. The van der Waals surface area contributed by atoms with Gasteiger partial charge in [0.1, 0.15) is 0 Å². The Bertz CT molecular complexity index is 384. The molecule has 1 unspecified atom stereocenters. The van der Waals surface area contributed by atoms with Crippen LogP contribution in [0.5, 0.6) is 0 Å². The van der Waals surface area contributed by atoms with Gasteiger partial charge < -0.3 is 15.0 Å². The molecule has 108 valence electrons. The molecule has 5 heteroatoms. The minimum absolute atomic E-state index is 0.407. The lowest BCUT2D eigenvalue weighted by Gasteiger charge is -2.28. The van der Waals surface area contributed by atoms with Crippen LogP contribution in [0.15, 0.2) is 6.20 Å². The molecule has 1 atom stereocenters. The van der Waals surface area contributed by atoms with E-state index in [9.17, 15) is 0 Å². The quantitative estimate of drug-likeness (QED) is 0.777. The summed E-state index contributed by atoms with van der Waals surface area (Å²) in [5.74, 6) is 0.795. The first-order valence-corrected chi connectivity index (χ1v) is 6.86. The number of hydrogen-bond acceptors (Lipinski definition) is 5. The van der Waals surface area contributed by atoms with Crippen LogP contribution in [0.4, 0.5) is 5.95 Å². The van der Waals surface area contributed by atoms with Crippen molar-refractivity contribution in [3.05, 3.63) is 17.5 Å². The van der Waals surface area contributed by atoms with Crippen LogP contribution >= 0.6 is 0 Å². The van der Waals surface area contributed by atoms with E-state index in [-0.39, 0.29) is 0 Å². The van der Waals surface area contributed by atoms with Gasteiger partial charge in [-0.15, -0.1) is 0 Å². The Balaban J connectivity index is 2.92. The Morgan fingerprint density at radius 1 is 1.47 bits per heavy atom. The molecule has 0 saturated heterocycles. The van der Waals surface area contributed by atoms with E-state index in [1.165, 1.54) is 0 Å². The molecule has 0 amide bonds. The average molecular weight is 266 g/mol. The number of aryl methyl sites for hydroxylation is 1. The minimum Gasteiger partial charge on any atom is -0.383 e. The molecular formula is C14H26N4O. The van der Waals surface area contributed by atoms with Gasteiger partial charge in [0.2, 0.25) is 5.95 Å². The third kappa shape index (κ3) is 4.44. The van der Waals surface area contributed by atoms with Crippen molar-refractivity contribution >= 4 is 5.95 Å². The molecular weight excluding hydrogens is 240 g/mol. The maximum Gasteiger partial charge on any atom is 0.225 e. The highest BCUT2D eigenvalue weighted by molar-refractivity contribution is 5.34. The Kier molecular flexibility index (Phi) is 6.73. The highest BCUT2D eigenvalue weighted by Gasteiger charge is 2.16. The first-order valence-electron chi connectivity index (χ1n) is 6.86. The monoisotopic (exact) mass is 266 g/mol. The van der Waals surface area contributed by atoms with Crippen molar-refractivity contribution in [2.24, 2.45) is 0 Å². The molecule has 19 heavy (non-hydrogen) atoms. The SMILES string of the molecule is CCC(C)N(CCOC)c1ncc(CNC)c(C)n1. The Labute approximate surface area is 116 Å². The van der Waals surface area contributed by atoms with Crippen molar-refractivity contribution < 1.29 is 4.74 Å². The molecule has 0 aliphatic heterocycles. The van der Waals surface area contributed by atoms with Crippen LogP contribution in [-0.4, -0.2) is 43.3 Å². The Hall–Kier alpha value is -1.20. The van der Waals surface area contributed by atoms with Gasteiger partial charge in [-0.3, -0.25) is 0 Å². The van der Waals surface area contributed by atoms with Gasteiger partial charge in [-0.25, -0.2) is 9.97 Å². The molecule has 0 spiro atoms. The lowest BCUT2D eigenvalue weighted by atomic mass is 10.2. The van der Waals surface area contributed by atoms with E-state index in [1.807, 2.05) is 20.2 Å². The zero-order valence-corrected chi connectivity index (χ0v) is 12.7. The van der Waals surface area contributed by atoms with Gasteiger partial charge in [0.15, 0.2) is 0 Å². The van der Waals surface area contributed by atoms with E-state index >= 15 is 0 Å². The molecule has 1 rings (SSSR count). The lowest BCUT2D eigenvalue weighted by molar-refractivity contribution is 0.203. The summed E-state index contributed by atoms with van der Waals surface area (Å²) in [6.07, 6.45) is 2.97. The normalized spacial score (nSPS) is 12.5. The standard InChI is InChI=1S/C14H26N4O/c1-6-11(2)18(7-8-19-5)14-16-10-13(9-15-4)12(3)17-14/h10-11,15H,6-9H2,1-5H3. The number of ether oxygens (including phenoxy) is 1. The van der Waals surface area contributed by atoms with E-state index in [1.54, 1.807) is 7.11 Å². The molecule has 0 saturated carbocycles. The molecule has 0 aliphatic carbocycles. The number of nitrogens with zero attached hydrogens (tertiary/aromatic N) is 3. The van der Waals surface area contributed by atoms with Gasteiger partial charge in [0.05, 0.1) is 6.61 Å². The maximum atomic E-state index is 5.17. The van der Waals surface area contributed by atoms with Crippen LogP contribution in [0.1, 0.15) is 31.5 Å². The van der Waals surface area contributed by atoms with Crippen LogP contribution in [0.3, 0.4) is 0 Å². The van der Waals surface area contributed by atoms with Gasteiger partial charge in [-0.1, -0.05) is 6.92 Å². The predicted molar refractivity (Wildman–Crippen MR) is 78.5 cm³/mol. The number of nitrogens with one attached hydrogen (secondary N) is 1. The summed E-state index contributed by atoms with van der Waals surface area (Å²) in [7, 11) is 3.65. The van der Waals surface area contributed by atoms with Crippen molar-refractivity contribution in [1.29, 1.82) is 0 Å². The summed E-state index contributed by atoms with van der Waals surface area (Å²) in [6, 6.07) is 0.407. The summed E-state index contributed by atoms with van der Waals surface area (Å²) < 4.78 is 5.17. The van der Waals surface area contributed by atoms with Crippen molar-refractivity contribution in [2.45, 2.75) is 39.8 Å². The lowest BCUT2D eigenvalue weighted by Crippen LogP contribution is -2.37. The molecule has 1 aromatic heterocycles.